The number of rotatable bonds is 2. The molecule has 40 heavy (non-hydrogen) atoms. The summed E-state index contributed by atoms with van der Waals surface area (Å²) < 4.78 is 0. The fourth-order valence-electron chi connectivity index (χ4n) is 5.24. The van der Waals surface area contributed by atoms with Crippen LogP contribution in [0.4, 0.5) is 9.59 Å². The largest absolute Gasteiger partial charge is 0.335 e. The predicted molar refractivity (Wildman–Crippen MR) is 152 cm³/mol. The molecule has 2 aromatic carbocycles. The Morgan fingerprint density at radius 2 is 0.625 bits per heavy atom. The molecule has 3 saturated heterocycles. The van der Waals surface area contributed by atoms with E-state index in [2.05, 4.69) is 0 Å². The molecule has 6 amide bonds. The summed E-state index contributed by atoms with van der Waals surface area (Å²) >= 11 is 11.8. The highest BCUT2D eigenvalue weighted by molar-refractivity contribution is 6.31. The molecule has 3 aliphatic rings. The normalized spacial score (nSPS) is 18.1. The van der Waals surface area contributed by atoms with Crippen LogP contribution in [-0.4, -0.2) is 132 Å². The second kappa shape index (κ2) is 12.3. The highest BCUT2D eigenvalue weighted by Gasteiger charge is 2.33. The molecule has 2 aromatic rings. The molecular formula is C28H32Cl2N6O4. The van der Waals surface area contributed by atoms with Gasteiger partial charge in [-0.25, -0.2) is 9.59 Å². The maximum Gasteiger partial charge on any atom is 0.320 e. The van der Waals surface area contributed by atoms with Crippen LogP contribution in [0, 0.1) is 0 Å². The van der Waals surface area contributed by atoms with Gasteiger partial charge in [0.15, 0.2) is 0 Å². The van der Waals surface area contributed by atoms with Crippen LogP contribution in [0.2, 0.25) is 10.0 Å². The molecule has 0 atom stereocenters. The van der Waals surface area contributed by atoms with Crippen molar-refractivity contribution in [2.24, 2.45) is 0 Å². The second-order valence-electron chi connectivity index (χ2n) is 10.1. The van der Waals surface area contributed by atoms with E-state index in [-0.39, 0.29) is 23.9 Å². The van der Waals surface area contributed by atoms with Crippen molar-refractivity contribution >= 4 is 47.1 Å². The van der Waals surface area contributed by atoms with E-state index in [9.17, 15) is 19.2 Å². The minimum absolute atomic E-state index is 0.0555. The lowest BCUT2D eigenvalue weighted by Crippen LogP contribution is -2.60. The van der Waals surface area contributed by atoms with E-state index in [1.165, 1.54) is 0 Å². The van der Waals surface area contributed by atoms with E-state index in [4.69, 9.17) is 23.2 Å². The van der Waals surface area contributed by atoms with Crippen LogP contribution in [0.5, 0.6) is 0 Å². The minimum atomic E-state index is -0.0638. The second-order valence-corrected chi connectivity index (χ2v) is 11.0. The van der Waals surface area contributed by atoms with Gasteiger partial charge >= 0.3 is 12.1 Å². The highest BCUT2D eigenvalue weighted by Crippen LogP contribution is 2.17. The Bertz CT molecular complexity index is 1140. The highest BCUT2D eigenvalue weighted by atomic mass is 35.5. The van der Waals surface area contributed by atoms with Gasteiger partial charge in [0.25, 0.3) is 11.8 Å². The fraction of sp³-hybridized carbons (Fsp3) is 0.429. The van der Waals surface area contributed by atoms with Gasteiger partial charge < -0.3 is 29.4 Å². The minimum Gasteiger partial charge on any atom is -0.335 e. The number of carbonyl (C=O) groups is 4. The fourth-order valence-corrected chi connectivity index (χ4v) is 5.49. The van der Waals surface area contributed by atoms with Gasteiger partial charge in [-0.1, -0.05) is 23.2 Å². The molecule has 0 aliphatic carbocycles. The summed E-state index contributed by atoms with van der Waals surface area (Å²) in [7, 11) is 0. The van der Waals surface area contributed by atoms with E-state index in [1.807, 2.05) is 0 Å². The van der Waals surface area contributed by atoms with E-state index in [0.29, 0.717) is 99.7 Å². The lowest BCUT2D eigenvalue weighted by molar-refractivity contribution is 0.0576. The number of urea groups is 2. The first-order valence-corrected chi connectivity index (χ1v) is 14.2. The van der Waals surface area contributed by atoms with Gasteiger partial charge in [0.05, 0.1) is 0 Å². The molecule has 5 rings (SSSR count). The van der Waals surface area contributed by atoms with Gasteiger partial charge in [0.2, 0.25) is 0 Å². The summed E-state index contributed by atoms with van der Waals surface area (Å²) in [5.41, 5.74) is 1.17. The number of carbonyl (C=O) groups excluding carboxylic acids is 4. The first-order chi connectivity index (χ1) is 19.3. The van der Waals surface area contributed by atoms with E-state index < -0.39 is 0 Å². The molecule has 12 heteroatoms. The van der Waals surface area contributed by atoms with E-state index in [1.54, 1.807) is 77.9 Å². The number of hydrogen-bond acceptors (Lipinski definition) is 4. The third kappa shape index (κ3) is 6.28. The number of amides is 6. The van der Waals surface area contributed by atoms with Gasteiger partial charge in [-0.3, -0.25) is 9.59 Å². The molecule has 212 valence electrons. The average Bonchev–Trinajstić information content (AvgIpc) is 3.00. The molecule has 10 nitrogen and oxygen atoms in total. The number of hydrogen-bond donors (Lipinski definition) is 0. The summed E-state index contributed by atoms with van der Waals surface area (Å²) in [5.74, 6) is -0.128. The van der Waals surface area contributed by atoms with Crippen LogP contribution >= 0.6 is 23.2 Å². The number of benzene rings is 2. The SMILES string of the molecule is O=C(c1ccc(Cl)cc1)N1CCN(C(=O)N2CCN(C(=O)N3CCN(C(=O)c4ccc(Cl)cc4)CC3)CC2)CC1. The van der Waals surface area contributed by atoms with Crippen molar-refractivity contribution in [2.45, 2.75) is 0 Å². The van der Waals surface area contributed by atoms with Crippen molar-refractivity contribution in [1.29, 1.82) is 0 Å². The lowest BCUT2D eigenvalue weighted by atomic mass is 10.2. The van der Waals surface area contributed by atoms with E-state index >= 15 is 0 Å². The maximum atomic E-state index is 13.1. The van der Waals surface area contributed by atoms with Crippen LogP contribution in [0.3, 0.4) is 0 Å². The van der Waals surface area contributed by atoms with Crippen LogP contribution in [0.1, 0.15) is 20.7 Å². The topological polar surface area (TPSA) is 87.7 Å². The zero-order valence-corrected chi connectivity index (χ0v) is 23.7. The third-order valence-electron chi connectivity index (χ3n) is 7.68. The number of piperazine rings is 3. The molecule has 0 aromatic heterocycles. The van der Waals surface area contributed by atoms with Crippen molar-refractivity contribution in [3.63, 3.8) is 0 Å². The Hall–Kier alpha value is -3.50. The quantitative estimate of drug-likeness (QED) is 0.541. The van der Waals surface area contributed by atoms with Gasteiger partial charge in [0.1, 0.15) is 0 Å². The van der Waals surface area contributed by atoms with Crippen molar-refractivity contribution in [1.82, 2.24) is 29.4 Å². The molecule has 3 aliphatic heterocycles. The maximum absolute atomic E-state index is 13.1. The zero-order valence-electron chi connectivity index (χ0n) is 22.2. The van der Waals surface area contributed by atoms with Gasteiger partial charge in [-0.15, -0.1) is 0 Å². The van der Waals surface area contributed by atoms with Crippen molar-refractivity contribution in [3.05, 3.63) is 69.7 Å². The Morgan fingerprint density at radius 3 is 0.875 bits per heavy atom. The Balaban J connectivity index is 1.04. The Kier molecular flexibility index (Phi) is 8.66. The molecule has 0 bridgehead atoms. The van der Waals surface area contributed by atoms with Gasteiger partial charge in [-0.05, 0) is 48.5 Å². The predicted octanol–water partition coefficient (Wildman–Crippen LogP) is 3.07. The summed E-state index contributed by atoms with van der Waals surface area (Å²) in [4.78, 5) is 62.4. The molecule has 0 spiro atoms. The summed E-state index contributed by atoms with van der Waals surface area (Å²) in [6.07, 6.45) is 0. The van der Waals surface area contributed by atoms with Crippen LogP contribution in [-0.2, 0) is 0 Å². The molecular weight excluding hydrogens is 555 g/mol. The lowest BCUT2D eigenvalue weighted by Gasteiger charge is -2.42. The third-order valence-corrected chi connectivity index (χ3v) is 8.18. The average molecular weight is 588 g/mol. The molecule has 3 fully saturated rings. The Morgan fingerprint density at radius 1 is 0.400 bits per heavy atom. The summed E-state index contributed by atoms with van der Waals surface area (Å²) in [6.45, 7) is 5.60. The molecule has 0 radical (unpaired) electrons. The van der Waals surface area contributed by atoms with Crippen molar-refractivity contribution < 1.29 is 19.2 Å². The van der Waals surface area contributed by atoms with E-state index in [0.717, 1.165) is 0 Å². The number of nitrogens with zero attached hydrogens (tertiary/aromatic N) is 6. The smallest absolute Gasteiger partial charge is 0.320 e. The molecule has 0 unspecified atom stereocenters. The first kappa shape index (κ1) is 28.0. The monoisotopic (exact) mass is 586 g/mol. The van der Waals surface area contributed by atoms with Crippen LogP contribution in [0.25, 0.3) is 0 Å². The van der Waals surface area contributed by atoms with Gasteiger partial charge in [-0.2, -0.15) is 0 Å². The van der Waals surface area contributed by atoms with Crippen LogP contribution in [0.15, 0.2) is 48.5 Å². The summed E-state index contributed by atoms with van der Waals surface area (Å²) in [5, 5.41) is 1.16. The Labute approximate surface area is 243 Å². The molecule has 3 heterocycles. The first-order valence-electron chi connectivity index (χ1n) is 13.5. The standard InChI is InChI=1S/C28H32Cl2N6O4/c29-23-5-1-21(2-6-23)25(37)31-9-13-33(14-10-31)27(39)35-17-19-36(20-18-35)28(40)34-15-11-32(12-16-34)26(38)22-3-7-24(30)8-4-22/h1-8H,9-20H2. The summed E-state index contributed by atoms with van der Waals surface area (Å²) in [6, 6.07) is 13.5. The molecule has 0 N–H and O–H groups in total. The number of halogens is 2. The van der Waals surface area contributed by atoms with Crippen LogP contribution < -0.4 is 0 Å². The van der Waals surface area contributed by atoms with Gasteiger partial charge in [0, 0.05) is 99.7 Å². The zero-order chi connectivity index (χ0) is 28.2. The van der Waals surface area contributed by atoms with Crippen molar-refractivity contribution in [3.8, 4) is 0 Å². The van der Waals surface area contributed by atoms with Crippen molar-refractivity contribution in [2.75, 3.05) is 78.5 Å². The molecule has 0 saturated carbocycles.